The molecule has 3 aromatic heterocycles. The van der Waals surface area contributed by atoms with Gasteiger partial charge in [-0.25, -0.2) is 0 Å². The van der Waals surface area contributed by atoms with Gasteiger partial charge in [0.1, 0.15) is 0 Å². The van der Waals surface area contributed by atoms with Crippen molar-refractivity contribution < 1.29 is 24.2 Å². The number of hydrogen-bond acceptors (Lipinski definition) is 3. The Bertz CT molecular complexity index is 2920. The average molecular weight is 971 g/mol. The minimum atomic E-state index is -2.13. The molecule has 0 aliphatic carbocycles. The molecule has 0 spiro atoms. The summed E-state index contributed by atoms with van der Waals surface area (Å²) >= 11 is 1.61. The van der Waals surface area contributed by atoms with E-state index in [0.29, 0.717) is 5.56 Å². The van der Waals surface area contributed by atoms with E-state index < -0.39 is 14.9 Å². The molecule has 293 valence electrons. The van der Waals surface area contributed by atoms with Crippen molar-refractivity contribution in [1.82, 2.24) is 14.5 Å². The number of aryl methyl sites for hydroxylation is 1. The summed E-state index contributed by atoms with van der Waals surface area (Å²) in [6.45, 7) is 13.9. The van der Waals surface area contributed by atoms with Crippen LogP contribution in [0, 0.1) is 19.0 Å². The first-order chi connectivity index (χ1) is 28.7. The number of hydrogen-bond donors (Lipinski definition) is 0. The molecule has 0 atom stereocenters. The largest absolute Gasteiger partial charge is 0.333 e. The summed E-state index contributed by atoms with van der Waals surface area (Å²) in [6.07, 6.45) is 2.02. The predicted octanol–water partition coefficient (Wildman–Crippen LogP) is 14.2. The predicted molar refractivity (Wildman–Crippen MR) is 248 cm³/mol. The third-order valence-corrected chi connectivity index (χ3v) is 13.7. The molecule has 3 heterocycles. The molecule has 0 aliphatic rings. The van der Waals surface area contributed by atoms with Crippen LogP contribution in [0.4, 0.5) is 0 Å². The maximum atomic E-state index is 7.87. The molecule has 9 aromatic rings. The Balaban J connectivity index is 0.000000278. The SMILES string of the molecule is C[Si](C)(C)c1ccc(-c2[c-]cccc2)nc1.[2H]C([2H])([2H])c1ccc2c(c1)sc1c[c-]c(-c3nc4ccccc4n3-c3c(C(C)C)cc(-c4ccccc4)cc3C(C)C)cc12.[Ir]. The van der Waals surface area contributed by atoms with Crippen LogP contribution in [0.2, 0.25) is 19.6 Å². The maximum absolute atomic E-state index is 7.87. The summed E-state index contributed by atoms with van der Waals surface area (Å²) in [4.78, 5) is 9.74. The van der Waals surface area contributed by atoms with Gasteiger partial charge in [0.05, 0.1) is 24.9 Å². The summed E-state index contributed by atoms with van der Waals surface area (Å²) in [5.74, 6) is 1.41. The van der Waals surface area contributed by atoms with Gasteiger partial charge in [0.2, 0.25) is 0 Å². The molecule has 9 rings (SSSR count). The van der Waals surface area contributed by atoms with E-state index in [1.54, 1.807) is 23.5 Å². The molecule has 0 N–H and O–H groups in total. The van der Waals surface area contributed by atoms with Crippen LogP contribution in [0.25, 0.3) is 70.7 Å². The van der Waals surface area contributed by atoms with Gasteiger partial charge in [-0.3, -0.25) is 4.98 Å². The fraction of sp³-hybridized carbons (Fsp3) is 0.192. The van der Waals surface area contributed by atoms with E-state index in [0.717, 1.165) is 53.9 Å². The first-order valence-electron chi connectivity index (χ1n) is 21.2. The van der Waals surface area contributed by atoms with Crippen molar-refractivity contribution >= 4 is 55.8 Å². The summed E-state index contributed by atoms with van der Waals surface area (Å²) in [5.41, 5.74) is 11.5. The first-order valence-corrected chi connectivity index (χ1v) is 24.0. The monoisotopic (exact) mass is 971 g/mol. The Labute approximate surface area is 366 Å². The molecule has 3 nitrogen and oxygen atoms in total. The number of fused-ring (bicyclic) bond motifs is 4. The molecule has 1 radical (unpaired) electrons. The minimum Gasteiger partial charge on any atom is -0.333 e. The number of para-hydroxylation sites is 2. The van der Waals surface area contributed by atoms with Gasteiger partial charge in [-0.1, -0.05) is 119 Å². The topological polar surface area (TPSA) is 30.7 Å². The Kier molecular flexibility index (Phi) is 11.0. The molecular formula is C52H49IrN3SSi-2. The van der Waals surface area contributed by atoms with Crippen molar-refractivity contribution in [3.63, 3.8) is 0 Å². The molecule has 0 fully saturated rings. The second-order valence-electron chi connectivity index (χ2n) is 16.3. The number of thiophene rings is 1. The molecule has 0 aliphatic heterocycles. The summed E-state index contributed by atoms with van der Waals surface area (Å²) < 4.78 is 28.0. The van der Waals surface area contributed by atoms with Crippen molar-refractivity contribution in [2.75, 3.05) is 0 Å². The Morgan fingerprint density at radius 1 is 0.690 bits per heavy atom. The summed E-state index contributed by atoms with van der Waals surface area (Å²) in [5, 5.41) is 3.53. The van der Waals surface area contributed by atoms with Crippen LogP contribution in [0.5, 0.6) is 0 Å². The van der Waals surface area contributed by atoms with Crippen molar-refractivity contribution in [2.45, 2.75) is 66.0 Å². The fourth-order valence-electron chi connectivity index (χ4n) is 7.45. The van der Waals surface area contributed by atoms with Gasteiger partial charge in [-0.05, 0) is 97.8 Å². The van der Waals surface area contributed by atoms with Crippen molar-refractivity contribution in [1.29, 1.82) is 0 Å². The van der Waals surface area contributed by atoms with E-state index >= 15 is 0 Å². The number of nitrogens with zero attached hydrogens (tertiary/aromatic N) is 3. The van der Waals surface area contributed by atoms with Crippen LogP contribution >= 0.6 is 11.3 Å². The molecule has 0 saturated heterocycles. The van der Waals surface area contributed by atoms with Crippen molar-refractivity contribution in [2.24, 2.45) is 0 Å². The summed E-state index contributed by atoms with van der Waals surface area (Å²) in [6, 6.07) is 52.3. The van der Waals surface area contributed by atoms with Crippen molar-refractivity contribution in [3.05, 3.63) is 168 Å². The number of imidazole rings is 1. The Morgan fingerprint density at radius 3 is 2.07 bits per heavy atom. The number of aromatic nitrogens is 3. The zero-order chi connectivity index (χ0) is 42.3. The van der Waals surface area contributed by atoms with E-state index in [9.17, 15) is 0 Å². The second kappa shape index (κ2) is 17.1. The van der Waals surface area contributed by atoms with Crippen LogP contribution in [0.1, 0.15) is 60.3 Å². The molecular weight excluding hydrogens is 919 g/mol. The van der Waals surface area contributed by atoms with Gasteiger partial charge >= 0.3 is 0 Å². The maximum Gasteiger partial charge on any atom is 0.0795 e. The van der Waals surface area contributed by atoms with Gasteiger partial charge in [-0.15, -0.1) is 59.7 Å². The van der Waals surface area contributed by atoms with Gasteiger partial charge in [-0.2, -0.15) is 11.3 Å². The smallest absolute Gasteiger partial charge is 0.0795 e. The zero-order valence-electron chi connectivity index (χ0n) is 37.0. The van der Waals surface area contributed by atoms with Crippen LogP contribution in [0.3, 0.4) is 0 Å². The van der Waals surface area contributed by atoms with Gasteiger partial charge in [0.25, 0.3) is 0 Å². The quantitative estimate of drug-likeness (QED) is 0.118. The average Bonchev–Trinajstić information content (AvgIpc) is 3.81. The van der Waals surface area contributed by atoms with E-state index in [2.05, 4.69) is 148 Å². The molecule has 6 aromatic carbocycles. The molecule has 0 unspecified atom stereocenters. The van der Waals surface area contributed by atoms with Crippen LogP contribution in [-0.4, -0.2) is 22.6 Å². The third kappa shape index (κ3) is 8.30. The summed E-state index contributed by atoms with van der Waals surface area (Å²) in [7, 11) is -1.23. The number of pyridine rings is 1. The Hall–Kier alpha value is -4.97. The Morgan fingerprint density at radius 2 is 1.41 bits per heavy atom. The first kappa shape index (κ1) is 37.3. The standard InChI is InChI=1S/C38H33N2S.C14H16NSi.Ir/c1-23(2)30-21-28(26-11-7-6-8-12-26)22-31(24(3)4)37(30)40-34-14-10-9-13-33(34)39-38(40)27-16-18-35-32(20-27)29-17-15-25(5)19-36(29)41-35;1-16(2,3)13-9-10-14(15-11-13)12-7-5-4-6-8-12;/h6-15,17-24H,1-5H3;4-7,9-11H,1-3H3;/q2*-1;/i5D3;;. The number of benzene rings is 6. The molecule has 6 heteroatoms. The fourth-order valence-corrected chi connectivity index (χ4v) is 9.59. The van der Waals surface area contributed by atoms with Crippen LogP contribution in [0.15, 0.2) is 140 Å². The van der Waals surface area contributed by atoms with E-state index in [4.69, 9.17) is 9.10 Å². The van der Waals surface area contributed by atoms with Crippen LogP contribution < -0.4 is 5.19 Å². The van der Waals surface area contributed by atoms with E-state index in [1.807, 2.05) is 48.7 Å². The van der Waals surface area contributed by atoms with E-state index in [-0.39, 0.29) is 31.9 Å². The number of rotatable bonds is 7. The molecule has 58 heavy (non-hydrogen) atoms. The molecule has 0 bridgehead atoms. The minimum absolute atomic E-state index is 0. The normalized spacial score (nSPS) is 12.6. The second-order valence-corrected chi connectivity index (χ2v) is 22.5. The van der Waals surface area contributed by atoms with Crippen LogP contribution in [-0.2, 0) is 20.1 Å². The van der Waals surface area contributed by atoms with E-state index in [1.165, 1.54) is 33.1 Å². The van der Waals surface area contributed by atoms with Gasteiger partial charge in [0.15, 0.2) is 0 Å². The third-order valence-electron chi connectivity index (χ3n) is 10.6. The van der Waals surface area contributed by atoms with Gasteiger partial charge in [0, 0.05) is 40.8 Å². The molecule has 0 saturated carbocycles. The zero-order valence-corrected chi connectivity index (χ0v) is 38.2. The molecule has 0 amide bonds. The van der Waals surface area contributed by atoms with Crippen molar-refractivity contribution in [3.8, 4) is 39.5 Å². The van der Waals surface area contributed by atoms with Gasteiger partial charge < -0.3 is 9.55 Å².